The predicted octanol–water partition coefficient (Wildman–Crippen LogP) is 4.81. The van der Waals surface area contributed by atoms with Crippen LogP contribution in [0.1, 0.15) is 53.7 Å². The molecule has 0 spiro atoms. The summed E-state index contributed by atoms with van der Waals surface area (Å²) in [6.45, 7) is 9.68. The molecule has 1 aliphatic rings. The minimum atomic E-state index is -0.286. The fourth-order valence-electron chi connectivity index (χ4n) is 3.56. The lowest BCUT2D eigenvalue weighted by molar-refractivity contribution is 0.0800. The van der Waals surface area contributed by atoms with E-state index in [1.807, 2.05) is 44.2 Å². The number of amides is 2. The van der Waals surface area contributed by atoms with Gasteiger partial charge >= 0.3 is 6.09 Å². The van der Waals surface area contributed by atoms with Crippen LogP contribution in [0.15, 0.2) is 42.5 Å². The van der Waals surface area contributed by atoms with Crippen LogP contribution >= 0.6 is 0 Å². The number of rotatable bonds is 5. The highest BCUT2D eigenvalue weighted by molar-refractivity contribution is 5.94. The smallest absolute Gasteiger partial charge is 0.410 e. The van der Waals surface area contributed by atoms with Crippen LogP contribution in [0.25, 0.3) is 0 Å². The Labute approximate surface area is 185 Å². The van der Waals surface area contributed by atoms with Crippen molar-refractivity contribution in [3.8, 4) is 5.75 Å². The van der Waals surface area contributed by atoms with Gasteiger partial charge in [-0.15, -0.1) is 0 Å². The maximum absolute atomic E-state index is 12.4. The molecule has 0 unspecified atom stereocenters. The average Bonchev–Trinajstić information content (AvgIpc) is 2.81. The fourth-order valence-corrected chi connectivity index (χ4v) is 3.56. The quantitative estimate of drug-likeness (QED) is 0.719. The van der Waals surface area contributed by atoms with E-state index in [2.05, 4.69) is 5.32 Å². The minimum Gasteiger partial charge on any atom is -0.507 e. The molecule has 31 heavy (non-hydrogen) atoms. The number of ether oxygens (including phenoxy) is 1. The number of nitrogens with zero attached hydrogens (tertiary/aromatic N) is 1. The number of carbonyl (C=O) groups excluding carboxylic acids is 2. The van der Waals surface area contributed by atoms with Crippen molar-refractivity contribution in [3.05, 3.63) is 64.7 Å². The van der Waals surface area contributed by atoms with Crippen molar-refractivity contribution in [2.24, 2.45) is 5.92 Å². The number of hydrogen-bond donors (Lipinski definition) is 2. The normalized spacial score (nSPS) is 13.7. The zero-order valence-corrected chi connectivity index (χ0v) is 19.0. The van der Waals surface area contributed by atoms with Gasteiger partial charge in [-0.1, -0.05) is 44.2 Å². The second-order valence-corrected chi connectivity index (χ2v) is 7.64. The number of piperidine rings is 1. The van der Waals surface area contributed by atoms with Crippen LogP contribution < -0.4 is 5.32 Å². The molecule has 1 aliphatic heterocycles. The Bertz CT molecular complexity index is 836. The van der Waals surface area contributed by atoms with Crippen molar-refractivity contribution < 1.29 is 19.4 Å². The summed E-state index contributed by atoms with van der Waals surface area (Å²) in [7, 11) is 0. The molecule has 3 rings (SSSR count). The van der Waals surface area contributed by atoms with E-state index in [0.29, 0.717) is 42.2 Å². The largest absolute Gasteiger partial charge is 0.507 e. The molecule has 1 saturated heterocycles. The molecule has 0 aromatic heterocycles. The molecule has 0 radical (unpaired) electrons. The van der Waals surface area contributed by atoms with Gasteiger partial charge in [0.15, 0.2) is 0 Å². The standard InChI is InChI=1S/C23H28N2O4.C2H6/c1-16-12-20(13-17(2)21(16)26)22(27)24-14-18-8-10-25(11-9-18)23(28)29-15-19-6-4-3-5-7-19;1-2/h3-7,12-13,18,26H,8-11,14-15H2,1-2H3,(H,24,27);1-2H3. The highest BCUT2D eigenvalue weighted by Gasteiger charge is 2.24. The topological polar surface area (TPSA) is 78.9 Å². The highest BCUT2D eigenvalue weighted by atomic mass is 16.6. The predicted molar refractivity (Wildman–Crippen MR) is 122 cm³/mol. The van der Waals surface area contributed by atoms with E-state index < -0.39 is 0 Å². The number of aromatic hydroxyl groups is 1. The molecule has 0 aliphatic carbocycles. The zero-order chi connectivity index (χ0) is 22.8. The monoisotopic (exact) mass is 426 g/mol. The van der Waals surface area contributed by atoms with E-state index in [9.17, 15) is 14.7 Å². The zero-order valence-electron chi connectivity index (χ0n) is 19.0. The Morgan fingerprint density at radius 1 is 1.06 bits per heavy atom. The van der Waals surface area contributed by atoms with Gasteiger partial charge in [0.05, 0.1) is 0 Å². The maximum Gasteiger partial charge on any atom is 0.410 e. The number of nitrogens with one attached hydrogen (secondary N) is 1. The third kappa shape index (κ3) is 7.02. The van der Waals surface area contributed by atoms with Gasteiger partial charge in [0.1, 0.15) is 12.4 Å². The van der Waals surface area contributed by atoms with Gasteiger partial charge < -0.3 is 20.1 Å². The van der Waals surface area contributed by atoms with Crippen molar-refractivity contribution in [3.63, 3.8) is 0 Å². The molecule has 2 aromatic rings. The third-order valence-corrected chi connectivity index (χ3v) is 5.38. The van der Waals surface area contributed by atoms with E-state index in [1.165, 1.54) is 0 Å². The second kappa shape index (κ2) is 12.0. The molecule has 0 atom stereocenters. The third-order valence-electron chi connectivity index (χ3n) is 5.38. The molecule has 0 bridgehead atoms. The number of carbonyl (C=O) groups is 2. The summed E-state index contributed by atoms with van der Waals surface area (Å²) in [6.07, 6.45) is 1.37. The number of hydrogen-bond acceptors (Lipinski definition) is 4. The molecule has 2 N–H and O–H groups in total. The van der Waals surface area contributed by atoms with Crippen molar-refractivity contribution >= 4 is 12.0 Å². The minimum absolute atomic E-state index is 0.138. The SMILES string of the molecule is CC.Cc1cc(C(=O)NCC2CCN(C(=O)OCc3ccccc3)CC2)cc(C)c1O. The van der Waals surface area contributed by atoms with E-state index in [4.69, 9.17) is 4.74 Å². The lowest BCUT2D eigenvalue weighted by Gasteiger charge is -2.31. The molecule has 2 aromatic carbocycles. The Kier molecular flexibility index (Phi) is 9.38. The highest BCUT2D eigenvalue weighted by Crippen LogP contribution is 2.23. The Hall–Kier alpha value is -3.02. The molecular formula is C25H34N2O4. The van der Waals surface area contributed by atoms with E-state index >= 15 is 0 Å². The van der Waals surface area contributed by atoms with Gasteiger partial charge in [-0.25, -0.2) is 4.79 Å². The summed E-state index contributed by atoms with van der Waals surface area (Å²) in [6, 6.07) is 13.0. The molecule has 1 fully saturated rings. The van der Waals surface area contributed by atoms with Gasteiger partial charge in [-0.2, -0.15) is 0 Å². The lowest BCUT2D eigenvalue weighted by Crippen LogP contribution is -2.41. The molecule has 0 saturated carbocycles. The molecule has 168 valence electrons. The molecule has 1 heterocycles. The van der Waals surface area contributed by atoms with Crippen LogP contribution in [-0.2, 0) is 11.3 Å². The first-order chi connectivity index (χ1) is 14.9. The van der Waals surface area contributed by atoms with E-state index in [-0.39, 0.29) is 24.4 Å². The van der Waals surface area contributed by atoms with Gasteiger partial charge in [-0.05, 0) is 61.4 Å². The molecule has 6 nitrogen and oxygen atoms in total. The van der Waals surface area contributed by atoms with Crippen LogP contribution in [0.2, 0.25) is 0 Å². The molecule has 2 amide bonds. The van der Waals surface area contributed by atoms with Crippen molar-refractivity contribution in [1.29, 1.82) is 0 Å². The Balaban J connectivity index is 0.00000166. The summed E-state index contributed by atoms with van der Waals surface area (Å²) < 4.78 is 5.39. The molecular weight excluding hydrogens is 392 g/mol. The summed E-state index contributed by atoms with van der Waals surface area (Å²) in [5.41, 5.74) is 2.91. The van der Waals surface area contributed by atoms with E-state index in [1.54, 1.807) is 30.9 Å². The average molecular weight is 427 g/mol. The number of phenolic OH excluding ortho intramolecular Hbond substituents is 1. The van der Waals surface area contributed by atoms with Gasteiger partial charge in [0.25, 0.3) is 5.91 Å². The van der Waals surface area contributed by atoms with Gasteiger partial charge in [0, 0.05) is 25.2 Å². The summed E-state index contributed by atoms with van der Waals surface area (Å²) in [4.78, 5) is 26.4. The van der Waals surface area contributed by atoms with Gasteiger partial charge in [-0.3, -0.25) is 4.79 Å². The lowest BCUT2D eigenvalue weighted by atomic mass is 9.97. The number of likely N-dealkylation sites (tertiary alicyclic amines) is 1. The van der Waals surface area contributed by atoms with Crippen LogP contribution in [0.4, 0.5) is 4.79 Å². The summed E-state index contributed by atoms with van der Waals surface area (Å²) in [5, 5.41) is 12.8. The van der Waals surface area contributed by atoms with Crippen molar-refractivity contribution in [1.82, 2.24) is 10.2 Å². The first kappa shape index (κ1) is 24.3. The number of aryl methyl sites for hydroxylation is 2. The van der Waals surface area contributed by atoms with Crippen LogP contribution in [-0.4, -0.2) is 41.6 Å². The van der Waals surface area contributed by atoms with Crippen LogP contribution in [0.3, 0.4) is 0 Å². The van der Waals surface area contributed by atoms with Crippen LogP contribution in [0.5, 0.6) is 5.75 Å². The Morgan fingerprint density at radius 2 is 1.65 bits per heavy atom. The van der Waals surface area contributed by atoms with Crippen LogP contribution in [0, 0.1) is 19.8 Å². The van der Waals surface area contributed by atoms with Crippen molar-refractivity contribution in [2.45, 2.75) is 47.1 Å². The number of phenols is 1. The maximum atomic E-state index is 12.4. The first-order valence-electron chi connectivity index (χ1n) is 11.0. The van der Waals surface area contributed by atoms with Crippen molar-refractivity contribution in [2.75, 3.05) is 19.6 Å². The summed E-state index contributed by atoms with van der Waals surface area (Å²) >= 11 is 0. The Morgan fingerprint density at radius 3 is 2.23 bits per heavy atom. The summed E-state index contributed by atoms with van der Waals surface area (Å²) in [5.74, 6) is 0.422. The second-order valence-electron chi connectivity index (χ2n) is 7.64. The number of benzene rings is 2. The van der Waals surface area contributed by atoms with E-state index in [0.717, 1.165) is 18.4 Å². The molecule has 6 heteroatoms. The van der Waals surface area contributed by atoms with Gasteiger partial charge in [0.2, 0.25) is 0 Å². The first-order valence-corrected chi connectivity index (χ1v) is 11.0. The fraction of sp³-hybridized carbons (Fsp3) is 0.440.